The number of nitrogens with one attached hydrogen (secondary N) is 3. The second-order valence-corrected chi connectivity index (χ2v) is 13.1. The number of nitrogens with zero attached hydrogens (tertiary/aromatic N) is 4. The Morgan fingerprint density at radius 3 is 2.43 bits per heavy atom. The topological polar surface area (TPSA) is 169 Å². The van der Waals surface area contributed by atoms with Crippen LogP contribution in [-0.2, 0) is 18.9 Å². The van der Waals surface area contributed by atoms with Crippen molar-refractivity contribution in [1.82, 2.24) is 19.4 Å². The van der Waals surface area contributed by atoms with Gasteiger partial charge in [0.05, 0.1) is 36.7 Å². The van der Waals surface area contributed by atoms with Crippen LogP contribution in [0.2, 0.25) is 0 Å². The average molecular weight is 722 g/mol. The van der Waals surface area contributed by atoms with Crippen LogP contribution in [0.1, 0.15) is 57.0 Å². The number of aliphatic hydroxyl groups excluding tert-OH is 1. The zero-order valence-electron chi connectivity index (χ0n) is 30.0. The summed E-state index contributed by atoms with van der Waals surface area (Å²) in [6.07, 6.45) is 7.05. The van der Waals surface area contributed by atoms with E-state index in [1.54, 1.807) is 76.9 Å². The second-order valence-electron chi connectivity index (χ2n) is 13.1. The highest BCUT2D eigenvalue weighted by molar-refractivity contribution is 6.05. The number of amides is 4. The highest BCUT2D eigenvalue weighted by atomic mass is 16.5. The van der Waals surface area contributed by atoms with Gasteiger partial charge in [0.15, 0.2) is 11.5 Å². The molecule has 0 spiro atoms. The SMILES string of the molecule is C=C1CC2C=Nc3cc(OCCCC(=O)Nc4cc(C(=O)Nc5ccc(-c6cc(C(=O)NCCCO)n(C)c6)cc5)n(C)c4)c(OC)cc3C(=O)N2C1. The van der Waals surface area contributed by atoms with Crippen LogP contribution in [0, 0.1) is 0 Å². The Labute approximate surface area is 307 Å². The number of aryl methyl sites for hydroxylation is 2. The maximum absolute atomic E-state index is 13.2. The number of ether oxygens (including phenoxy) is 2. The van der Waals surface area contributed by atoms with Crippen LogP contribution in [0.5, 0.6) is 11.5 Å². The maximum Gasteiger partial charge on any atom is 0.272 e. The number of carbonyl (C=O) groups excluding carboxylic acids is 4. The van der Waals surface area contributed by atoms with Crippen LogP contribution in [0.25, 0.3) is 11.1 Å². The van der Waals surface area contributed by atoms with Crippen molar-refractivity contribution in [2.75, 3.05) is 44.0 Å². The van der Waals surface area contributed by atoms with E-state index in [4.69, 9.17) is 14.6 Å². The van der Waals surface area contributed by atoms with Gasteiger partial charge < -0.3 is 44.6 Å². The van der Waals surface area contributed by atoms with E-state index in [1.165, 1.54) is 7.11 Å². The molecule has 4 aromatic rings. The molecular formula is C39H43N7O7. The lowest BCUT2D eigenvalue weighted by atomic mass is 10.1. The Morgan fingerprint density at radius 2 is 1.68 bits per heavy atom. The molecular weight excluding hydrogens is 678 g/mol. The highest BCUT2D eigenvalue weighted by Gasteiger charge is 2.34. The quantitative estimate of drug-likeness (QED) is 0.108. The number of anilines is 2. The van der Waals surface area contributed by atoms with Gasteiger partial charge in [-0.05, 0) is 55.2 Å². The number of hydrogen-bond donors (Lipinski definition) is 4. The van der Waals surface area contributed by atoms with Gasteiger partial charge in [-0.15, -0.1) is 0 Å². The first-order chi connectivity index (χ1) is 25.5. The maximum atomic E-state index is 13.2. The van der Waals surface area contributed by atoms with E-state index in [1.807, 2.05) is 18.3 Å². The van der Waals surface area contributed by atoms with Gasteiger partial charge in [0.25, 0.3) is 17.7 Å². The van der Waals surface area contributed by atoms with E-state index in [2.05, 4.69) is 27.5 Å². The van der Waals surface area contributed by atoms with E-state index >= 15 is 0 Å². The number of fused-ring (bicyclic) bond motifs is 2. The lowest BCUT2D eigenvalue weighted by molar-refractivity contribution is -0.116. The van der Waals surface area contributed by atoms with Crippen LogP contribution in [0.4, 0.5) is 17.1 Å². The molecule has 276 valence electrons. The van der Waals surface area contributed by atoms with E-state index in [-0.39, 0.29) is 49.3 Å². The Balaban J connectivity index is 0.991. The normalized spacial score (nSPS) is 14.7. The molecule has 1 fully saturated rings. The molecule has 0 bridgehead atoms. The van der Waals surface area contributed by atoms with Gasteiger partial charge in [0.2, 0.25) is 5.91 Å². The fourth-order valence-electron chi connectivity index (χ4n) is 6.36. The minimum absolute atomic E-state index is 0.00964. The highest BCUT2D eigenvalue weighted by Crippen LogP contribution is 2.38. The fraction of sp³-hybridized carbons (Fsp3) is 0.308. The van der Waals surface area contributed by atoms with E-state index in [0.29, 0.717) is 77.9 Å². The van der Waals surface area contributed by atoms with Crippen LogP contribution in [0.15, 0.2) is 78.1 Å². The Morgan fingerprint density at radius 1 is 0.925 bits per heavy atom. The van der Waals surface area contributed by atoms with Gasteiger partial charge >= 0.3 is 0 Å². The summed E-state index contributed by atoms with van der Waals surface area (Å²) in [4.78, 5) is 57.9. The summed E-state index contributed by atoms with van der Waals surface area (Å²) in [5.74, 6) is -0.0913. The molecule has 4 N–H and O–H groups in total. The molecule has 2 aromatic carbocycles. The Kier molecular flexibility index (Phi) is 11.1. The molecule has 14 heteroatoms. The third-order valence-corrected chi connectivity index (χ3v) is 9.11. The first kappa shape index (κ1) is 36.6. The number of benzene rings is 2. The molecule has 0 saturated carbocycles. The smallest absolute Gasteiger partial charge is 0.272 e. The van der Waals surface area contributed by atoms with Crippen molar-refractivity contribution in [2.24, 2.45) is 19.1 Å². The molecule has 2 aromatic heterocycles. The predicted molar refractivity (Wildman–Crippen MR) is 201 cm³/mol. The number of aliphatic imine (C=N–C) groups is 1. The van der Waals surface area contributed by atoms with Crippen molar-refractivity contribution in [3.8, 4) is 22.6 Å². The molecule has 2 aliphatic heterocycles. The number of rotatable bonds is 14. The van der Waals surface area contributed by atoms with Crippen molar-refractivity contribution in [1.29, 1.82) is 0 Å². The van der Waals surface area contributed by atoms with Gasteiger partial charge in [0, 0.05) is 76.1 Å². The molecule has 1 unspecified atom stereocenters. The van der Waals surface area contributed by atoms with Crippen molar-refractivity contribution >= 4 is 46.9 Å². The number of aromatic nitrogens is 2. The summed E-state index contributed by atoms with van der Waals surface area (Å²) in [7, 11) is 5.02. The van der Waals surface area contributed by atoms with Gasteiger partial charge in [-0.1, -0.05) is 24.3 Å². The van der Waals surface area contributed by atoms with E-state index in [9.17, 15) is 19.2 Å². The zero-order chi connectivity index (χ0) is 37.6. The predicted octanol–water partition coefficient (Wildman–Crippen LogP) is 4.69. The standard InChI is InChI=1S/C39H43N7O7/c1-24-15-29-20-41-31-19-35(34(52-4)18-30(31)39(51)46(29)21-24)53-14-5-7-36(48)42-28-17-33(45(3)23-28)38(50)43-27-10-8-25(9-11-27)26-16-32(44(2)22-26)37(49)40-12-6-13-47/h8-11,16-20,22-23,29,47H,1,5-7,12-15,21H2,2-4H3,(H,40,49)(H,42,48)(H,43,50). The summed E-state index contributed by atoms with van der Waals surface area (Å²) < 4.78 is 14.9. The largest absolute Gasteiger partial charge is 0.493 e. The van der Waals surface area contributed by atoms with Crippen LogP contribution in [-0.4, -0.2) is 88.4 Å². The minimum atomic E-state index is -0.345. The lowest BCUT2D eigenvalue weighted by Gasteiger charge is -2.20. The summed E-state index contributed by atoms with van der Waals surface area (Å²) in [6, 6.07) is 13.9. The molecule has 1 saturated heterocycles. The third kappa shape index (κ3) is 8.33. The minimum Gasteiger partial charge on any atom is -0.493 e. The number of aliphatic hydroxyl groups is 1. The number of carbonyl (C=O) groups is 4. The first-order valence-corrected chi connectivity index (χ1v) is 17.3. The molecule has 2 aliphatic rings. The van der Waals surface area contributed by atoms with Gasteiger partial charge in [-0.2, -0.15) is 0 Å². The van der Waals surface area contributed by atoms with E-state index in [0.717, 1.165) is 16.7 Å². The Hall–Kier alpha value is -6.15. The molecule has 0 aliphatic carbocycles. The van der Waals surface area contributed by atoms with Gasteiger partial charge in [-0.3, -0.25) is 24.2 Å². The summed E-state index contributed by atoms with van der Waals surface area (Å²) >= 11 is 0. The Bertz CT molecular complexity index is 2080. The summed E-state index contributed by atoms with van der Waals surface area (Å²) in [5, 5.41) is 17.5. The molecule has 4 amide bonds. The van der Waals surface area contributed by atoms with Gasteiger partial charge in [-0.25, -0.2) is 0 Å². The number of methoxy groups -OCH3 is 1. The first-order valence-electron chi connectivity index (χ1n) is 17.3. The molecule has 53 heavy (non-hydrogen) atoms. The van der Waals surface area contributed by atoms with Crippen molar-refractivity contribution in [2.45, 2.75) is 31.7 Å². The summed E-state index contributed by atoms with van der Waals surface area (Å²) in [5.41, 5.74) is 5.58. The third-order valence-electron chi connectivity index (χ3n) is 9.11. The van der Waals surface area contributed by atoms with Crippen molar-refractivity contribution in [3.63, 3.8) is 0 Å². The van der Waals surface area contributed by atoms with E-state index < -0.39 is 0 Å². The average Bonchev–Trinajstić information content (AvgIpc) is 3.82. The molecule has 4 heterocycles. The molecule has 0 radical (unpaired) electrons. The van der Waals surface area contributed by atoms with Crippen molar-refractivity contribution in [3.05, 3.63) is 90.0 Å². The molecule has 14 nitrogen and oxygen atoms in total. The molecule has 1 atom stereocenters. The summed E-state index contributed by atoms with van der Waals surface area (Å²) in [6.45, 7) is 5.14. The second kappa shape index (κ2) is 16.0. The van der Waals surface area contributed by atoms with Gasteiger partial charge in [0.1, 0.15) is 11.4 Å². The molecule has 6 rings (SSSR count). The van der Waals surface area contributed by atoms with Crippen LogP contribution < -0.4 is 25.4 Å². The lowest BCUT2D eigenvalue weighted by Crippen LogP contribution is -2.35. The number of hydrogen-bond acceptors (Lipinski definition) is 8. The van der Waals surface area contributed by atoms with Crippen LogP contribution >= 0.6 is 0 Å². The van der Waals surface area contributed by atoms with Crippen LogP contribution in [0.3, 0.4) is 0 Å². The van der Waals surface area contributed by atoms with Crippen molar-refractivity contribution < 1.29 is 33.8 Å². The zero-order valence-corrected chi connectivity index (χ0v) is 30.0. The fourth-order valence-corrected chi connectivity index (χ4v) is 6.36. The monoisotopic (exact) mass is 721 g/mol.